The van der Waals surface area contributed by atoms with E-state index in [4.69, 9.17) is 0 Å². The summed E-state index contributed by atoms with van der Waals surface area (Å²) in [4.78, 5) is 24.0. The Bertz CT molecular complexity index is 1080. The van der Waals surface area contributed by atoms with Crippen LogP contribution < -0.4 is 10.6 Å². The van der Waals surface area contributed by atoms with Gasteiger partial charge in [0, 0.05) is 24.8 Å². The Balaban J connectivity index is 1.40. The summed E-state index contributed by atoms with van der Waals surface area (Å²) in [5.41, 5.74) is 2.50. The van der Waals surface area contributed by atoms with Crippen LogP contribution in [0.2, 0.25) is 0 Å². The molecule has 3 rings (SSSR count). The number of amides is 2. The summed E-state index contributed by atoms with van der Waals surface area (Å²) in [6, 6.07) is 8.02. The number of carbonyl (C=O) groups is 2. The zero-order valence-corrected chi connectivity index (χ0v) is 18.5. The molecule has 0 unspecified atom stereocenters. The van der Waals surface area contributed by atoms with Gasteiger partial charge >= 0.3 is 6.18 Å². The molecule has 2 N–H and O–H groups in total. The van der Waals surface area contributed by atoms with Gasteiger partial charge in [-0.15, -0.1) is 10.2 Å². The van der Waals surface area contributed by atoms with Crippen molar-refractivity contribution >= 4 is 45.7 Å². The Morgan fingerprint density at radius 3 is 2.56 bits per heavy atom. The largest absolute Gasteiger partial charge is 0.408 e. The van der Waals surface area contributed by atoms with E-state index in [1.54, 1.807) is 0 Å². The third-order valence-corrected chi connectivity index (χ3v) is 6.12. The molecule has 0 aliphatic heterocycles. The van der Waals surface area contributed by atoms with Gasteiger partial charge in [0.15, 0.2) is 4.34 Å². The Morgan fingerprint density at radius 2 is 1.84 bits per heavy atom. The number of benzene rings is 1. The monoisotopic (exact) mass is 484 g/mol. The van der Waals surface area contributed by atoms with Gasteiger partial charge in [0.2, 0.25) is 16.9 Å². The molecular formula is C19H19F3N6O2S2. The Hall–Kier alpha value is -2.93. The summed E-state index contributed by atoms with van der Waals surface area (Å²) in [5, 5.41) is 16.8. The highest BCUT2D eigenvalue weighted by molar-refractivity contribution is 8.00. The number of hydrogen-bond acceptors (Lipinski definition) is 7. The summed E-state index contributed by atoms with van der Waals surface area (Å²) in [6.45, 7) is 0.782. The standard InChI is InChI=1S/C19H19F3N6O2S2/c1-12-4-2-3-5-13(12)10-31-18-27-26-17(32-18)25-16(30)7-6-15(29)24-14-8-23-28(9-14)11-19(20,21)22/h2-5,8-9H,6-7,10-11H2,1H3,(H,24,29)(H,25,26,30). The van der Waals surface area contributed by atoms with Crippen LogP contribution in [0.5, 0.6) is 0 Å². The number of nitrogens with one attached hydrogen (secondary N) is 2. The lowest BCUT2D eigenvalue weighted by Gasteiger charge is -2.05. The number of alkyl halides is 3. The fourth-order valence-corrected chi connectivity index (χ4v) is 4.41. The highest BCUT2D eigenvalue weighted by Gasteiger charge is 2.28. The summed E-state index contributed by atoms with van der Waals surface area (Å²) >= 11 is 2.75. The maximum absolute atomic E-state index is 12.3. The number of hydrogen-bond donors (Lipinski definition) is 2. The van der Waals surface area contributed by atoms with Gasteiger partial charge in [0.1, 0.15) is 6.54 Å². The van der Waals surface area contributed by atoms with Crippen LogP contribution in [0.4, 0.5) is 24.0 Å². The summed E-state index contributed by atoms with van der Waals surface area (Å²) in [6.07, 6.45) is -2.49. The van der Waals surface area contributed by atoms with Crippen molar-refractivity contribution in [2.24, 2.45) is 0 Å². The minimum absolute atomic E-state index is 0.117. The van der Waals surface area contributed by atoms with E-state index in [-0.39, 0.29) is 18.5 Å². The van der Waals surface area contributed by atoms with Crippen LogP contribution in [-0.2, 0) is 21.9 Å². The molecule has 2 aromatic heterocycles. The molecule has 2 amide bonds. The van der Waals surface area contributed by atoms with Crippen molar-refractivity contribution in [3.63, 3.8) is 0 Å². The van der Waals surface area contributed by atoms with Gasteiger partial charge in [-0.2, -0.15) is 18.3 Å². The number of rotatable bonds is 9. The van der Waals surface area contributed by atoms with Gasteiger partial charge in [-0.05, 0) is 18.1 Å². The van der Waals surface area contributed by atoms with Crippen molar-refractivity contribution in [1.82, 2.24) is 20.0 Å². The van der Waals surface area contributed by atoms with Crippen LogP contribution >= 0.6 is 23.1 Å². The first kappa shape index (κ1) is 23.7. The summed E-state index contributed by atoms with van der Waals surface area (Å²) in [7, 11) is 0. The predicted molar refractivity (Wildman–Crippen MR) is 115 cm³/mol. The number of aryl methyl sites for hydroxylation is 1. The number of nitrogens with zero attached hydrogens (tertiary/aromatic N) is 4. The van der Waals surface area contributed by atoms with Crippen molar-refractivity contribution < 1.29 is 22.8 Å². The molecule has 3 aromatic rings. The molecule has 8 nitrogen and oxygen atoms in total. The highest BCUT2D eigenvalue weighted by atomic mass is 32.2. The molecule has 0 fully saturated rings. The molecule has 13 heteroatoms. The fourth-order valence-electron chi connectivity index (χ4n) is 2.56. The second-order valence-electron chi connectivity index (χ2n) is 6.73. The van der Waals surface area contributed by atoms with E-state index in [1.165, 1.54) is 34.2 Å². The van der Waals surface area contributed by atoms with Crippen molar-refractivity contribution in [2.75, 3.05) is 10.6 Å². The quantitative estimate of drug-likeness (QED) is 0.348. The molecule has 32 heavy (non-hydrogen) atoms. The molecule has 0 atom stereocenters. The van der Waals surface area contributed by atoms with E-state index >= 15 is 0 Å². The summed E-state index contributed by atoms with van der Waals surface area (Å²) in [5.74, 6) is -0.201. The molecule has 0 saturated heterocycles. The van der Waals surface area contributed by atoms with Crippen molar-refractivity contribution in [2.45, 2.75) is 42.6 Å². The molecule has 0 aliphatic carbocycles. The third-order valence-electron chi connectivity index (χ3n) is 4.10. The van der Waals surface area contributed by atoms with Gasteiger partial charge in [-0.25, -0.2) is 0 Å². The van der Waals surface area contributed by atoms with Crippen LogP contribution in [0.1, 0.15) is 24.0 Å². The first-order valence-corrected chi connectivity index (χ1v) is 11.2. The molecule has 170 valence electrons. The minimum atomic E-state index is -4.41. The lowest BCUT2D eigenvalue weighted by atomic mass is 10.1. The number of thioether (sulfide) groups is 1. The van der Waals surface area contributed by atoms with Gasteiger partial charge in [0.05, 0.1) is 11.9 Å². The maximum Gasteiger partial charge on any atom is 0.408 e. The molecule has 0 spiro atoms. The van der Waals surface area contributed by atoms with E-state index in [0.29, 0.717) is 14.2 Å². The molecule has 1 aromatic carbocycles. The zero-order chi connectivity index (χ0) is 23.1. The van der Waals surface area contributed by atoms with Gasteiger partial charge in [-0.3, -0.25) is 14.3 Å². The van der Waals surface area contributed by atoms with Crippen molar-refractivity contribution in [3.8, 4) is 0 Å². The first-order valence-electron chi connectivity index (χ1n) is 9.37. The van der Waals surface area contributed by atoms with E-state index in [2.05, 4.69) is 25.9 Å². The molecule has 2 heterocycles. The second-order valence-corrected chi connectivity index (χ2v) is 8.93. The molecular weight excluding hydrogens is 465 g/mol. The number of aromatic nitrogens is 4. The van der Waals surface area contributed by atoms with E-state index in [1.807, 2.05) is 31.2 Å². The second kappa shape index (κ2) is 10.6. The Labute approximate surface area is 189 Å². The predicted octanol–water partition coefficient (Wildman–Crippen LogP) is 4.26. The first-order chi connectivity index (χ1) is 15.2. The minimum Gasteiger partial charge on any atom is -0.323 e. The van der Waals surface area contributed by atoms with Crippen LogP contribution in [0.3, 0.4) is 0 Å². The lowest BCUT2D eigenvalue weighted by Crippen LogP contribution is -2.18. The molecule has 0 bridgehead atoms. The molecule has 0 radical (unpaired) electrons. The number of anilines is 2. The Morgan fingerprint density at radius 1 is 1.12 bits per heavy atom. The average molecular weight is 485 g/mol. The van der Waals surface area contributed by atoms with Crippen LogP contribution in [0.15, 0.2) is 41.0 Å². The van der Waals surface area contributed by atoms with E-state index in [0.717, 1.165) is 18.1 Å². The normalized spacial score (nSPS) is 11.4. The summed E-state index contributed by atoms with van der Waals surface area (Å²) < 4.78 is 38.4. The van der Waals surface area contributed by atoms with Crippen molar-refractivity contribution in [1.29, 1.82) is 0 Å². The fraction of sp³-hybridized carbons (Fsp3) is 0.316. The van der Waals surface area contributed by atoms with E-state index in [9.17, 15) is 22.8 Å². The maximum atomic E-state index is 12.3. The van der Waals surface area contributed by atoms with Gasteiger partial charge in [0.25, 0.3) is 0 Å². The third kappa shape index (κ3) is 7.64. The molecule has 0 aliphatic rings. The van der Waals surface area contributed by atoms with Crippen molar-refractivity contribution in [3.05, 3.63) is 47.8 Å². The van der Waals surface area contributed by atoms with Crippen LogP contribution in [0.25, 0.3) is 0 Å². The number of halogens is 3. The smallest absolute Gasteiger partial charge is 0.323 e. The Kier molecular flexibility index (Phi) is 7.85. The van der Waals surface area contributed by atoms with Crippen LogP contribution in [-0.4, -0.2) is 38.0 Å². The van der Waals surface area contributed by atoms with Gasteiger partial charge in [-0.1, -0.05) is 47.4 Å². The topological polar surface area (TPSA) is 102 Å². The number of carbonyl (C=O) groups excluding carboxylic acids is 2. The van der Waals surface area contributed by atoms with Gasteiger partial charge < -0.3 is 10.6 Å². The zero-order valence-electron chi connectivity index (χ0n) is 16.8. The molecule has 0 saturated carbocycles. The van der Waals surface area contributed by atoms with Crippen LogP contribution in [0, 0.1) is 6.92 Å². The SMILES string of the molecule is Cc1ccccc1CSc1nnc(NC(=O)CCC(=O)Nc2cnn(CC(F)(F)F)c2)s1. The lowest BCUT2D eigenvalue weighted by molar-refractivity contribution is -0.142. The average Bonchev–Trinajstić information content (AvgIpc) is 3.33. The highest BCUT2D eigenvalue weighted by Crippen LogP contribution is 2.29. The van der Waals surface area contributed by atoms with E-state index < -0.39 is 24.5 Å².